The summed E-state index contributed by atoms with van der Waals surface area (Å²) < 4.78 is 5.20. The molecule has 0 unspecified atom stereocenters. The van der Waals surface area contributed by atoms with Crippen LogP contribution in [-0.4, -0.2) is 67.4 Å². The van der Waals surface area contributed by atoms with Crippen molar-refractivity contribution in [3.63, 3.8) is 0 Å². The lowest BCUT2D eigenvalue weighted by molar-refractivity contribution is -0.140. The molecule has 29 heavy (non-hydrogen) atoms. The summed E-state index contributed by atoms with van der Waals surface area (Å²) in [5.74, 6) is 0.454. The average Bonchev–Trinajstić information content (AvgIpc) is 3.02. The fourth-order valence-electron chi connectivity index (χ4n) is 4.82. The zero-order valence-electron chi connectivity index (χ0n) is 17.0. The van der Waals surface area contributed by atoms with E-state index in [1.165, 1.54) is 4.90 Å². The summed E-state index contributed by atoms with van der Waals surface area (Å²) in [5, 5.41) is 0. The molecule has 2 aliphatic heterocycles. The van der Waals surface area contributed by atoms with Gasteiger partial charge in [0.25, 0.3) is 0 Å². The van der Waals surface area contributed by atoms with Crippen molar-refractivity contribution < 1.29 is 19.1 Å². The maximum absolute atomic E-state index is 12.7. The molecule has 2 atom stereocenters. The second-order valence-electron chi connectivity index (χ2n) is 8.14. The summed E-state index contributed by atoms with van der Waals surface area (Å²) in [4.78, 5) is 43.2. The van der Waals surface area contributed by atoms with Crippen LogP contribution in [0.2, 0.25) is 0 Å². The van der Waals surface area contributed by atoms with Gasteiger partial charge in [-0.1, -0.05) is 12.8 Å². The number of carbonyl (C=O) groups is 3. The maximum Gasteiger partial charge on any atom is 0.233 e. The second-order valence-corrected chi connectivity index (χ2v) is 8.14. The third kappa shape index (κ3) is 3.95. The largest absolute Gasteiger partial charge is 0.497 e. The monoisotopic (exact) mass is 399 g/mol. The SMILES string of the molecule is COc1ccc(N2CCN(C(=O)CCN3C(=O)[C@H]4CCCC[C@H]4C3=O)CC2)cc1. The van der Waals surface area contributed by atoms with Crippen LogP contribution in [0, 0.1) is 11.8 Å². The normalized spacial score (nSPS) is 24.7. The molecule has 156 valence electrons. The van der Waals surface area contributed by atoms with Crippen LogP contribution in [0.15, 0.2) is 24.3 Å². The highest BCUT2D eigenvalue weighted by Gasteiger charge is 2.47. The van der Waals surface area contributed by atoms with Crippen LogP contribution in [0.25, 0.3) is 0 Å². The smallest absolute Gasteiger partial charge is 0.233 e. The highest BCUT2D eigenvalue weighted by molar-refractivity contribution is 6.05. The molecule has 7 nitrogen and oxygen atoms in total. The van der Waals surface area contributed by atoms with Crippen LogP contribution in [0.4, 0.5) is 5.69 Å². The minimum Gasteiger partial charge on any atom is -0.497 e. The molecule has 0 radical (unpaired) electrons. The number of rotatable bonds is 5. The predicted molar refractivity (Wildman–Crippen MR) is 109 cm³/mol. The lowest BCUT2D eigenvalue weighted by Gasteiger charge is -2.36. The van der Waals surface area contributed by atoms with Crippen LogP contribution < -0.4 is 9.64 Å². The molecule has 3 amide bonds. The van der Waals surface area contributed by atoms with Gasteiger partial charge in [-0.05, 0) is 37.1 Å². The Bertz CT molecular complexity index is 747. The van der Waals surface area contributed by atoms with E-state index in [4.69, 9.17) is 4.74 Å². The van der Waals surface area contributed by atoms with E-state index in [1.54, 1.807) is 7.11 Å². The Morgan fingerprint density at radius 1 is 0.966 bits per heavy atom. The zero-order valence-corrected chi connectivity index (χ0v) is 17.0. The molecule has 2 saturated heterocycles. The van der Waals surface area contributed by atoms with E-state index in [9.17, 15) is 14.4 Å². The maximum atomic E-state index is 12.7. The number of amides is 3. The van der Waals surface area contributed by atoms with E-state index in [1.807, 2.05) is 29.2 Å². The van der Waals surface area contributed by atoms with Crippen LogP contribution in [0.3, 0.4) is 0 Å². The molecule has 7 heteroatoms. The minimum atomic E-state index is -0.139. The molecule has 4 rings (SSSR count). The average molecular weight is 399 g/mol. The number of benzene rings is 1. The summed E-state index contributed by atoms with van der Waals surface area (Å²) in [7, 11) is 1.65. The number of ether oxygens (including phenoxy) is 1. The van der Waals surface area contributed by atoms with E-state index < -0.39 is 0 Å². The van der Waals surface area contributed by atoms with Crippen LogP contribution in [-0.2, 0) is 14.4 Å². The van der Waals surface area contributed by atoms with Gasteiger partial charge in [-0.2, -0.15) is 0 Å². The Labute approximate surface area is 171 Å². The Kier molecular flexibility index (Phi) is 5.74. The lowest BCUT2D eigenvalue weighted by atomic mass is 9.81. The van der Waals surface area contributed by atoms with Gasteiger partial charge >= 0.3 is 0 Å². The van der Waals surface area contributed by atoms with Crippen molar-refractivity contribution in [3.05, 3.63) is 24.3 Å². The number of hydrogen-bond acceptors (Lipinski definition) is 5. The molecule has 0 bridgehead atoms. The number of piperazine rings is 1. The predicted octanol–water partition coefficient (Wildman–Crippen LogP) is 1.91. The molecule has 1 saturated carbocycles. The van der Waals surface area contributed by atoms with Gasteiger partial charge in [-0.25, -0.2) is 0 Å². The highest BCUT2D eigenvalue weighted by Crippen LogP contribution is 2.38. The molecule has 1 aromatic rings. The van der Waals surface area contributed by atoms with Crippen molar-refractivity contribution in [2.45, 2.75) is 32.1 Å². The molecule has 3 fully saturated rings. The second kappa shape index (κ2) is 8.43. The zero-order chi connectivity index (χ0) is 20.4. The number of imide groups is 1. The van der Waals surface area contributed by atoms with Crippen molar-refractivity contribution >= 4 is 23.4 Å². The minimum absolute atomic E-state index is 0.0230. The Morgan fingerprint density at radius 3 is 2.10 bits per heavy atom. The number of fused-ring (bicyclic) bond motifs is 1. The van der Waals surface area contributed by atoms with E-state index in [0.717, 1.165) is 50.2 Å². The number of carbonyl (C=O) groups excluding carboxylic acids is 3. The Balaban J connectivity index is 1.27. The van der Waals surface area contributed by atoms with Gasteiger partial charge in [0, 0.05) is 44.8 Å². The quantitative estimate of drug-likeness (QED) is 0.708. The summed E-state index contributed by atoms with van der Waals surface area (Å²) in [6.45, 7) is 3.06. The first-order valence-electron chi connectivity index (χ1n) is 10.6. The van der Waals surface area contributed by atoms with Crippen molar-refractivity contribution in [2.75, 3.05) is 44.7 Å². The number of nitrogens with zero attached hydrogens (tertiary/aromatic N) is 3. The van der Waals surface area contributed by atoms with Gasteiger partial charge in [-0.3, -0.25) is 19.3 Å². The lowest BCUT2D eigenvalue weighted by Crippen LogP contribution is -2.49. The first-order chi connectivity index (χ1) is 14.1. The molecular weight excluding hydrogens is 370 g/mol. The molecule has 0 spiro atoms. The third-order valence-electron chi connectivity index (χ3n) is 6.55. The van der Waals surface area contributed by atoms with E-state index >= 15 is 0 Å². The van der Waals surface area contributed by atoms with E-state index in [-0.39, 0.29) is 42.5 Å². The molecule has 1 aromatic carbocycles. The molecule has 3 aliphatic rings. The number of methoxy groups -OCH3 is 1. The van der Waals surface area contributed by atoms with E-state index in [0.29, 0.717) is 13.1 Å². The topological polar surface area (TPSA) is 70.2 Å². The fourth-order valence-corrected chi connectivity index (χ4v) is 4.82. The molecular formula is C22H29N3O4. The van der Waals surface area contributed by atoms with Crippen molar-refractivity contribution in [3.8, 4) is 5.75 Å². The van der Waals surface area contributed by atoms with Crippen LogP contribution in [0.1, 0.15) is 32.1 Å². The molecule has 0 N–H and O–H groups in total. The molecule has 1 aliphatic carbocycles. The Morgan fingerprint density at radius 2 is 1.55 bits per heavy atom. The molecule has 2 heterocycles. The van der Waals surface area contributed by atoms with Crippen molar-refractivity contribution in [1.29, 1.82) is 0 Å². The third-order valence-corrected chi connectivity index (χ3v) is 6.55. The number of hydrogen-bond donors (Lipinski definition) is 0. The van der Waals surface area contributed by atoms with Crippen molar-refractivity contribution in [1.82, 2.24) is 9.80 Å². The van der Waals surface area contributed by atoms with Gasteiger partial charge in [-0.15, -0.1) is 0 Å². The summed E-state index contributed by atoms with van der Waals surface area (Å²) in [5.41, 5.74) is 1.12. The standard InChI is InChI=1S/C22H29N3O4/c1-29-17-8-6-16(7-9-17)23-12-14-24(15-13-23)20(26)10-11-25-21(27)18-4-2-3-5-19(18)22(25)28/h6-9,18-19H,2-5,10-15H2,1H3/t18-,19+. The number of anilines is 1. The first-order valence-corrected chi connectivity index (χ1v) is 10.6. The first kappa shape index (κ1) is 19.7. The molecule has 0 aromatic heterocycles. The summed E-state index contributed by atoms with van der Waals surface area (Å²) >= 11 is 0. The summed E-state index contributed by atoms with van der Waals surface area (Å²) in [6.07, 6.45) is 3.89. The van der Waals surface area contributed by atoms with Gasteiger partial charge in [0.05, 0.1) is 18.9 Å². The van der Waals surface area contributed by atoms with E-state index in [2.05, 4.69) is 4.90 Å². The highest BCUT2D eigenvalue weighted by atomic mass is 16.5. The van der Waals surface area contributed by atoms with Gasteiger partial charge in [0.2, 0.25) is 17.7 Å². The fraction of sp³-hybridized carbons (Fsp3) is 0.591. The Hall–Kier alpha value is -2.57. The summed E-state index contributed by atoms with van der Waals surface area (Å²) in [6, 6.07) is 7.93. The number of likely N-dealkylation sites (tertiary alicyclic amines) is 1. The van der Waals surface area contributed by atoms with Crippen LogP contribution in [0.5, 0.6) is 5.75 Å². The van der Waals surface area contributed by atoms with Crippen LogP contribution >= 0.6 is 0 Å². The van der Waals surface area contributed by atoms with Crippen molar-refractivity contribution in [2.24, 2.45) is 11.8 Å². The van der Waals surface area contributed by atoms with Gasteiger partial charge in [0.1, 0.15) is 5.75 Å². The van der Waals surface area contributed by atoms with Gasteiger partial charge < -0.3 is 14.5 Å². The van der Waals surface area contributed by atoms with Gasteiger partial charge in [0.15, 0.2) is 0 Å².